The molecule has 31 heavy (non-hydrogen) atoms. The number of piperazine rings is 1. The molecule has 0 saturated carbocycles. The molecule has 1 aromatic carbocycles. The molecule has 9 heteroatoms. The summed E-state index contributed by atoms with van der Waals surface area (Å²) in [5, 5.41) is 0. The molecule has 0 amide bonds. The number of unbranched alkanes of at least 4 members (excludes halogenated alkanes) is 3. The van der Waals surface area contributed by atoms with Crippen LogP contribution in [-0.2, 0) is 63.5 Å². The first-order chi connectivity index (χ1) is 14.2. The van der Waals surface area contributed by atoms with Gasteiger partial charge in [0, 0.05) is 26.2 Å². The van der Waals surface area contributed by atoms with Crippen molar-refractivity contribution in [2.24, 2.45) is 0 Å². The van der Waals surface area contributed by atoms with Gasteiger partial charge in [0.1, 0.15) is 5.75 Å². The van der Waals surface area contributed by atoms with E-state index in [0.29, 0.717) is 0 Å². The first-order valence-electron chi connectivity index (χ1n) is 10.7. The van der Waals surface area contributed by atoms with E-state index in [-0.39, 0.29) is 25.6 Å². The van der Waals surface area contributed by atoms with E-state index in [1.54, 1.807) is 7.11 Å². The monoisotopic (exact) mass is 571 g/mol. The summed E-state index contributed by atoms with van der Waals surface area (Å²) in [6.07, 6.45) is 5.13. The number of methoxy groups -OCH3 is 1. The molecule has 0 radical (unpaired) electrons. The molecule has 2 rings (SSSR count). The van der Waals surface area contributed by atoms with Gasteiger partial charge in [-0.2, -0.15) is 17.3 Å². The Morgan fingerprint density at radius 2 is 1.45 bits per heavy atom. The molecular formula is C22H38N3O2S3Tc. The number of ether oxygens (including phenoxy) is 1. The minimum Gasteiger partial charge on any atom is -2.00 e. The summed E-state index contributed by atoms with van der Waals surface area (Å²) in [5.41, 5.74) is 1.23. The van der Waals surface area contributed by atoms with Gasteiger partial charge in [0.25, 0.3) is 0 Å². The minimum absolute atomic E-state index is 0. The third kappa shape index (κ3) is 15.0. The Bertz CT molecular complexity index is 519. The van der Waals surface area contributed by atoms with Gasteiger partial charge < -0.3 is 57.9 Å². The van der Waals surface area contributed by atoms with Gasteiger partial charge in [0.05, 0.1) is 12.8 Å². The fourth-order valence-electron chi connectivity index (χ4n) is 3.32. The number of para-hydroxylation sites is 2. The van der Waals surface area contributed by atoms with E-state index in [2.05, 4.69) is 26.8 Å². The van der Waals surface area contributed by atoms with E-state index < -0.39 is 0 Å². The second kappa shape index (κ2) is 22.2. The van der Waals surface area contributed by atoms with Crippen LogP contribution < -0.4 is 9.64 Å². The van der Waals surface area contributed by atoms with Crippen LogP contribution in [0.15, 0.2) is 24.3 Å². The predicted molar refractivity (Wildman–Crippen MR) is 135 cm³/mol. The molecule has 1 aliphatic heterocycles. The van der Waals surface area contributed by atoms with Gasteiger partial charge in [-0.05, 0) is 45.2 Å². The fraction of sp³-hybridized carbons (Fsp3) is 0.727. The third-order valence-corrected chi connectivity index (χ3v) is 5.77. The second-order valence-electron chi connectivity index (χ2n) is 7.33. The number of rotatable bonds is 12. The number of hydrogen-bond acceptors (Lipinski definition) is 7. The SMILES string of the molecule is CN(CC[S-])CC[S-].COc1ccccc1N1CCN(CCCCCC[S-])CC1.[99Tc+5].[O-2]. The van der Waals surface area contributed by atoms with E-state index in [1.165, 1.54) is 37.9 Å². The molecule has 5 nitrogen and oxygen atoms in total. The number of hydrogen-bond donors (Lipinski definition) is 0. The van der Waals surface area contributed by atoms with Crippen molar-refractivity contribution in [3.8, 4) is 5.75 Å². The Hall–Kier alpha value is 0.399. The van der Waals surface area contributed by atoms with Gasteiger partial charge in [-0.15, -0.1) is 0 Å². The Labute approximate surface area is 220 Å². The normalized spacial score (nSPS) is 13.7. The molecule has 0 N–H and O–H groups in total. The maximum atomic E-state index is 5.46. The smallest absolute Gasteiger partial charge is 2.00 e. The minimum atomic E-state index is 0. The van der Waals surface area contributed by atoms with Crippen molar-refractivity contribution in [1.29, 1.82) is 0 Å². The van der Waals surface area contributed by atoms with Crippen LogP contribution in [0.1, 0.15) is 25.7 Å². The van der Waals surface area contributed by atoms with E-state index in [0.717, 1.165) is 62.3 Å². The van der Waals surface area contributed by atoms with E-state index >= 15 is 0 Å². The van der Waals surface area contributed by atoms with Crippen molar-refractivity contribution in [3.05, 3.63) is 24.3 Å². The molecule has 1 aliphatic rings. The molecule has 1 heterocycles. The van der Waals surface area contributed by atoms with Crippen molar-refractivity contribution in [2.75, 3.05) is 82.1 Å². The van der Waals surface area contributed by atoms with Crippen LogP contribution in [0.5, 0.6) is 5.75 Å². The van der Waals surface area contributed by atoms with Gasteiger partial charge in [0.15, 0.2) is 0 Å². The van der Waals surface area contributed by atoms with Crippen LogP contribution in [0.2, 0.25) is 0 Å². The number of nitrogens with zero attached hydrogens (tertiary/aromatic N) is 3. The van der Waals surface area contributed by atoms with Crippen molar-refractivity contribution >= 4 is 43.6 Å². The molecule has 0 unspecified atom stereocenters. The van der Waals surface area contributed by atoms with Gasteiger partial charge in [-0.1, -0.05) is 31.4 Å². The number of benzene rings is 1. The molecule has 178 valence electrons. The molecule has 0 bridgehead atoms. The fourth-order valence-corrected chi connectivity index (χ4v) is 4.15. The molecule has 1 aromatic rings. The van der Waals surface area contributed by atoms with Crippen LogP contribution in [0.25, 0.3) is 0 Å². The van der Waals surface area contributed by atoms with Gasteiger partial charge in [-0.3, -0.25) is 4.90 Å². The Morgan fingerprint density at radius 1 is 0.871 bits per heavy atom. The van der Waals surface area contributed by atoms with Crippen LogP contribution in [0.4, 0.5) is 5.69 Å². The predicted octanol–water partition coefficient (Wildman–Crippen LogP) is 2.82. The Balaban J connectivity index is 0. The topological polar surface area (TPSA) is 47.5 Å². The summed E-state index contributed by atoms with van der Waals surface area (Å²) in [4.78, 5) is 7.17. The Morgan fingerprint density at radius 3 is 2.00 bits per heavy atom. The van der Waals surface area contributed by atoms with Gasteiger partial charge >= 0.3 is 20.1 Å². The van der Waals surface area contributed by atoms with E-state index in [4.69, 9.17) is 42.6 Å². The average molecular weight is 572 g/mol. The van der Waals surface area contributed by atoms with Crippen molar-refractivity contribution in [1.82, 2.24) is 9.80 Å². The maximum absolute atomic E-state index is 5.46. The molecule has 1 fully saturated rings. The summed E-state index contributed by atoms with van der Waals surface area (Å²) in [5.74, 6) is 3.52. The second-order valence-corrected chi connectivity index (χ2v) is 8.56. The summed E-state index contributed by atoms with van der Waals surface area (Å²) in [6.45, 7) is 7.70. The first kappa shape index (κ1) is 33.6. The molecule has 0 spiro atoms. The maximum Gasteiger partial charge on any atom is 5.00 e. The molecular weight excluding hydrogens is 533 g/mol. The molecule has 0 aromatic heterocycles. The zero-order valence-corrected chi connectivity index (χ0v) is 23.3. The summed E-state index contributed by atoms with van der Waals surface area (Å²) in [7, 11) is 3.79. The largest absolute Gasteiger partial charge is 5.00 e. The molecule has 0 atom stereocenters. The zero-order valence-electron chi connectivity index (χ0n) is 19.0. The number of anilines is 1. The first-order valence-corrected chi connectivity index (χ1v) is 12.4. The van der Waals surface area contributed by atoms with Crippen molar-refractivity contribution in [2.45, 2.75) is 25.7 Å². The van der Waals surface area contributed by atoms with Crippen LogP contribution in [0, 0.1) is 0 Å². The molecule has 0 aliphatic carbocycles. The summed E-state index contributed by atoms with van der Waals surface area (Å²) >= 11 is 14.5. The van der Waals surface area contributed by atoms with E-state index in [1.807, 2.05) is 19.2 Å². The van der Waals surface area contributed by atoms with Crippen LogP contribution in [-0.4, -0.2) is 87.0 Å². The summed E-state index contributed by atoms with van der Waals surface area (Å²) in [6, 6.07) is 8.31. The molecule has 1 saturated heterocycles. The third-order valence-electron chi connectivity index (χ3n) is 5.11. The zero-order chi connectivity index (χ0) is 21.3. The van der Waals surface area contributed by atoms with Crippen LogP contribution in [0.3, 0.4) is 0 Å². The van der Waals surface area contributed by atoms with Gasteiger partial charge in [-0.25, -0.2) is 0 Å². The average Bonchev–Trinajstić information content (AvgIpc) is 2.75. The standard InChI is InChI=1S/C17H28N2OS.C5H13NS2.O.Tc/c1-20-17-9-5-4-8-16(17)19-13-11-18(12-14-19)10-6-2-3-7-15-21;1-6(2-4-7)3-5-8;;/h4-5,8-9,21H,2-3,6-7,10-15H2,1H3;7-8H,2-5H2,1H3;;/q;;-2;+5/p-3/i;;;1+1. The summed E-state index contributed by atoms with van der Waals surface area (Å²) < 4.78 is 5.46. The van der Waals surface area contributed by atoms with Gasteiger partial charge in [0.2, 0.25) is 0 Å². The quantitative estimate of drug-likeness (QED) is 0.283. The van der Waals surface area contributed by atoms with E-state index in [9.17, 15) is 0 Å². The van der Waals surface area contributed by atoms with Crippen LogP contribution >= 0.6 is 0 Å². The van der Waals surface area contributed by atoms with Crippen molar-refractivity contribution in [3.63, 3.8) is 0 Å². The Kier molecular flexibility index (Phi) is 24.0. The van der Waals surface area contributed by atoms with Crippen molar-refractivity contribution < 1.29 is 30.3 Å².